The monoisotopic (exact) mass is 266 g/mol. The van der Waals surface area contributed by atoms with Gasteiger partial charge in [0.1, 0.15) is 0 Å². The summed E-state index contributed by atoms with van der Waals surface area (Å²) in [6.45, 7) is 6.21. The molecule has 0 radical (unpaired) electrons. The van der Waals surface area contributed by atoms with E-state index in [-0.39, 0.29) is 5.75 Å². The number of methoxy groups -OCH3 is 1. The highest BCUT2D eigenvalue weighted by atomic mass is 16.5. The molecule has 0 amide bonds. The number of hydrogen-bond acceptors (Lipinski definition) is 4. The summed E-state index contributed by atoms with van der Waals surface area (Å²) in [6.07, 6.45) is 1.16. The third kappa shape index (κ3) is 5.49. The second-order valence-electron chi connectivity index (χ2n) is 5.03. The van der Waals surface area contributed by atoms with Gasteiger partial charge in [-0.2, -0.15) is 0 Å². The minimum Gasteiger partial charge on any atom is -0.504 e. The third-order valence-corrected chi connectivity index (χ3v) is 3.18. The Hall–Kier alpha value is -1.26. The molecule has 1 rings (SSSR count). The van der Waals surface area contributed by atoms with Crippen LogP contribution in [0.3, 0.4) is 0 Å². The molecule has 4 heteroatoms. The van der Waals surface area contributed by atoms with E-state index in [1.807, 2.05) is 12.1 Å². The van der Waals surface area contributed by atoms with Gasteiger partial charge in [0, 0.05) is 6.54 Å². The average Bonchev–Trinajstić information content (AvgIpc) is 2.37. The summed E-state index contributed by atoms with van der Waals surface area (Å²) in [5, 5.41) is 9.78. The summed E-state index contributed by atoms with van der Waals surface area (Å²) in [6, 6.07) is 5.61. The van der Waals surface area contributed by atoms with Crippen LogP contribution in [-0.2, 0) is 6.54 Å². The van der Waals surface area contributed by atoms with Gasteiger partial charge in [0.2, 0.25) is 0 Å². The van der Waals surface area contributed by atoms with E-state index >= 15 is 0 Å². The van der Waals surface area contributed by atoms with Crippen molar-refractivity contribution in [2.75, 3.05) is 40.8 Å². The highest BCUT2D eigenvalue weighted by Gasteiger charge is 2.07. The van der Waals surface area contributed by atoms with Crippen molar-refractivity contribution in [1.29, 1.82) is 0 Å². The maximum atomic E-state index is 9.78. The van der Waals surface area contributed by atoms with Gasteiger partial charge in [0.25, 0.3) is 0 Å². The maximum Gasteiger partial charge on any atom is 0.160 e. The molecule has 1 aromatic rings. The molecule has 0 aromatic heterocycles. The number of phenolic OH excluding ortho intramolecular Hbond substituents is 1. The lowest BCUT2D eigenvalue weighted by molar-refractivity contribution is 0.259. The first-order valence-electron chi connectivity index (χ1n) is 6.79. The Labute approximate surface area is 116 Å². The van der Waals surface area contributed by atoms with Crippen molar-refractivity contribution in [2.24, 2.45) is 0 Å². The van der Waals surface area contributed by atoms with Gasteiger partial charge in [-0.25, -0.2) is 0 Å². The van der Waals surface area contributed by atoms with Gasteiger partial charge >= 0.3 is 0 Å². The van der Waals surface area contributed by atoms with Gasteiger partial charge in [0.15, 0.2) is 11.5 Å². The minimum atomic E-state index is 0.212. The summed E-state index contributed by atoms with van der Waals surface area (Å²) in [7, 11) is 5.75. The minimum absolute atomic E-state index is 0.212. The summed E-state index contributed by atoms with van der Waals surface area (Å²) in [5.74, 6) is 0.740. The first-order valence-corrected chi connectivity index (χ1v) is 6.79. The van der Waals surface area contributed by atoms with E-state index in [1.165, 1.54) is 0 Å². The molecule has 0 aliphatic heterocycles. The van der Waals surface area contributed by atoms with Crippen LogP contribution in [0.2, 0.25) is 0 Å². The lowest BCUT2D eigenvalue weighted by Crippen LogP contribution is -2.26. The van der Waals surface area contributed by atoms with Gasteiger partial charge in [-0.3, -0.25) is 4.90 Å². The molecule has 0 atom stereocenters. The van der Waals surface area contributed by atoms with Crippen LogP contribution in [0.25, 0.3) is 0 Å². The van der Waals surface area contributed by atoms with E-state index < -0.39 is 0 Å². The number of benzene rings is 1. The standard InChI is InChI=1S/C15H26N2O2/c1-5-17(10-6-9-16(2)3)12-13-7-8-15(19-4)14(18)11-13/h7-8,11,18H,5-6,9-10,12H2,1-4H3. The molecule has 0 bridgehead atoms. The molecule has 4 nitrogen and oxygen atoms in total. The number of nitrogens with zero attached hydrogens (tertiary/aromatic N) is 2. The second kappa shape index (κ2) is 8.02. The van der Waals surface area contributed by atoms with Crippen molar-refractivity contribution in [3.8, 4) is 11.5 Å². The fraction of sp³-hybridized carbons (Fsp3) is 0.600. The van der Waals surface area contributed by atoms with Crippen LogP contribution in [0, 0.1) is 0 Å². The molecule has 19 heavy (non-hydrogen) atoms. The number of hydrogen-bond donors (Lipinski definition) is 1. The van der Waals surface area contributed by atoms with Crippen molar-refractivity contribution < 1.29 is 9.84 Å². The van der Waals surface area contributed by atoms with E-state index in [1.54, 1.807) is 13.2 Å². The first-order chi connectivity index (χ1) is 9.06. The fourth-order valence-corrected chi connectivity index (χ4v) is 2.05. The molecule has 0 fully saturated rings. The highest BCUT2D eigenvalue weighted by molar-refractivity contribution is 5.41. The van der Waals surface area contributed by atoms with E-state index in [4.69, 9.17) is 4.74 Å². The van der Waals surface area contributed by atoms with Crippen molar-refractivity contribution in [1.82, 2.24) is 9.80 Å². The van der Waals surface area contributed by atoms with E-state index in [2.05, 4.69) is 30.8 Å². The van der Waals surface area contributed by atoms with Crippen molar-refractivity contribution in [3.63, 3.8) is 0 Å². The fourth-order valence-electron chi connectivity index (χ4n) is 2.05. The Kier molecular flexibility index (Phi) is 6.67. The topological polar surface area (TPSA) is 35.9 Å². The first kappa shape index (κ1) is 15.8. The Balaban J connectivity index is 2.53. The molecule has 0 spiro atoms. The molecule has 0 saturated carbocycles. The molecule has 0 heterocycles. The van der Waals surface area contributed by atoms with Crippen molar-refractivity contribution in [2.45, 2.75) is 19.9 Å². The predicted molar refractivity (Wildman–Crippen MR) is 78.8 cm³/mol. The van der Waals surface area contributed by atoms with Crippen LogP contribution in [0.5, 0.6) is 11.5 Å². The Morgan fingerprint density at radius 3 is 2.47 bits per heavy atom. The second-order valence-corrected chi connectivity index (χ2v) is 5.03. The van der Waals surface area contributed by atoms with Gasteiger partial charge in [-0.15, -0.1) is 0 Å². The summed E-state index contributed by atoms with van der Waals surface area (Å²) >= 11 is 0. The lowest BCUT2D eigenvalue weighted by Gasteiger charge is -2.21. The zero-order valence-corrected chi connectivity index (χ0v) is 12.5. The van der Waals surface area contributed by atoms with E-state index in [0.29, 0.717) is 5.75 Å². The van der Waals surface area contributed by atoms with Gasteiger partial charge < -0.3 is 14.7 Å². The zero-order valence-electron chi connectivity index (χ0n) is 12.5. The maximum absolute atomic E-state index is 9.78. The molecular formula is C15H26N2O2. The quantitative estimate of drug-likeness (QED) is 0.782. The molecule has 0 aliphatic rings. The normalized spacial score (nSPS) is 11.3. The smallest absolute Gasteiger partial charge is 0.160 e. The lowest BCUT2D eigenvalue weighted by atomic mass is 10.2. The zero-order chi connectivity index (χ0) is 14.3. The summed E-state index contributed by atoms with van der Waals surface area (Å²) in [5.41, 5.74) is 1.12. The Bertz CT molecular complexity index is 380. The van der Waals surface area contributed by atoms with E-state index in [9.17, 15) is 5.11 Å². The largest absolute Gasteiger partial charge is 0.504 e. The van der Waals surface area contributed by atoms with Gasteiger partial charge in [-0.1, -0.05) is 13.0 Å². The van der Waals surface area contributed by atoms with Crippen molar-refractivity contribution in [3.05, 3.63) is 23.8 Å². The van der Waals surface area contributed by atoms with Gasteiger partial charge in [0.05, 0.1) is 7.11 Å². The number of ether oxygens (including phenoxy) is 1. The molecule has 1 N–H and O–H groups in total. The van der Waals surface area contributed by atoms with Crippen LogP contribution in [0.15, 0.2) is 18.2 Å². The number of aromatic hydroxyl groups is 1. The van der Waals surface area contributed by atoms with Crippen LogP contribution in [0.1, 0.15) is 18.9 Å². The SMILES string of the molecule is CCN(CCCN(C)C)Cc1ccc(OC)c(O)c1. The average molecular weight is 266 g/mol. The number of phenols is 1. The molecule has 0 saturated heterocycles. The molecule has 0 aliphatic carbocycles. The van der Waals surface area contributed by atoms with Crippen LogP contribution in [0.4, 0.5) is 0 Å². The Morgan fingerprint density at radius 2 is 1.95 bits per heavy atom. The highest BCUT2D eigenvalue weighted by Crippen LogP contribution is 2.26. The number of rotatable bonds is 8. The molecule has 108 valence electrons. The molecule has 1 aromatic carbocycles. The predicted octanol–water partition coefficient (Wildman–Crippen LogP) is 2.17. The molecule has 0 unspecified atom stereocenters. The van der Waals surface area contributed by atoms with Gasteiger partial charge in [-0.05, 0) is 57.8 Å². The Morgan fingerprint density at radius 1 is 1.21 bits per heavy atom. The summed E-state index contributed by atoms with van der Waals surface area (Å²) < 4.78 is 5.05. The van der Waals surface area contributed by atoms with E-state index in [0.717, 1.165) is 38.2 Å². The van der Waals surface area contributed by atoms with Crippen LogP contribution in [-0.4, -0.2) is 55.7 Å². The third-order valence-electron chi connectivity index (χ3n) is 3.18. The van der Waals surface area contributed by atoms with Crippen LogP contribution < -0.4 is 4.74 Å². The van der Waals surface area contributed by atoms with Crippen molar-refractivity contribution >= 4 is 0 Å². The molecular weight excluding hydrogens is 240 g/mol. The summed E-state index contributed by atoms with van der Waals surface area (Å²) in [4.78, 5) is 4.58. The van der Waals surface area contributed by atoms with Crippen LogP contribution >= 0.6 is 0 Å².